The quantitative estimate of drug-likeness (QED) is 0.885. The van der Waals surface area contributed by atoms with E-state index in [2.05, 4.69) is 37.1 Å². The summed E-state index contributed by atoms with van der Waals surface area (Å²) in [6.45, 7) is 6.89. The van der Waals surface area contributed by atoms with E-state index in [4.69, 9.17) is 0 Å². The summed E-state index contributed by atoms with van der Waals surface area (Å²) in [5.41, 5.74) is 2.16. The zero-order valence-corrected chi connectivity index (χ0v) is 11.9. The molecule has 0 amide bonds. The molecule has 1 aromatic heterocycles. The van der Waals surface area contributed by atoms with Crippen molar-refractivity contribution in [1.29, 1.82) is 0 Å². The van der Waals surface area contributed by atoms with Gasteiger partial charge in [0.05, 0.1) is 11.6 Å². The summed E-state index contributed by atoms with van der Waals surface area (Å²) in [6.07, 6.45) is 2.07. The van der Waals surface area contributed by atoms with Crippen molar-refractivity contribution in [3.05, 3.63) is 42.1 Å². The summed E-state index contributed by atoms with van der Waals surface area (Å²) in [4.78, 5) is 4.34. The highest BCUT2D eigenvalue weighted by Crippen LogP contribution is 2.17. The van der Waals surface area contributed by atoms with Gasteiger partial charge in [0.2, 0.25) is 0 Å². The van der Waals surface area contributed by atoms with E-state index in [-0.39, 0.29) is 11.6 Å². The molecular formula is C16H22N2O. The second kappa shape index (κ2) is 5.68. The van der Waals surface area contributed by atoms with Crippen molar-refractivity contribution < 1.29 is 5.11 Å². The van der Waals surface area contributed by atoms with Gasteiger partial charge in [-0.3, -0.25) is 4.98 Å². The highest BCUT2D eigenvalue weighted by atomic mass is 16.3. The fourth-order valence-corrected chi connectivity index (χ4v) is 2.08. The van der Waals surface area contributed by atoms with Gasteiger partial charge in [-0.15, -0.1) is 0 Å². The largest absolute Gasteiger partial charge is 0.391 e. The molecule has 19 heavy (non-hydrogen) atoms. The average Bonchev–Trinajstić information content (AvgIpc) is 2.36. The number of β-amino-alcohol motifs (C(OH)–C–C–N with tert-alkyl or cyclic N) is 1. The molecule has 102 valence electrons. The van der Waals surface area contributed by atoms with Crippen molar-refractivity contribution in [2.24, 2.45) is 0 Å². The topological polar surface area (TPSA) is 45.1 Å². The lowest BCUT2D eigenvalue weighted by atomic mass is 10.0. The van der Waals surface area contributed by atoms with Crippen LogP contribution in [0.4, 0.5) is 0 Å². The molecule has 2 aromatic rings. The molecular weight excluding hydrogens is 236 g/mol. The van der Waals surface area contributed by atoms with Gasteiger partial charge in [-0.2, -0.15) is 0 Å². The minimum atomic E-state index is -0.384. The Bertz CT molecular complexity index is 540. The molecule has 0 saturated heterocycles. The first-order valence-corrected chi connectivity index (χ1v) is 6.71. The molecule has 1 unspecified atom stereocenters. The third-order valence-electron chi connectivity index (χ3n) is 3.06. The van der Waals surface area contributed by atoms with Crippen molar-refractivity contribution >= 4 is 10.9 Å². The Hall–Kier alpha value is -1.45. The lowest BCUT2D eigenvalue weighted by Crippen LogP contribution is -2.41. The lowest BCUT2D eigenvalue weighted by molar-refractivity contribution is 0.161. The Balaban J connectivity index is 2.09. The van der Waals surface area contributed by atoms with Crippen molar-refractivity contribution in [3.8, 4) is 0 Å². The van der Waals surface area contributed by atoms with E-state index in [1.165, 1.54) is 0 Å². The fourth-order valence-electron chi connectivity index (χ4n) is 2.08. The monoisotopic (exact) mass is 258 g/mol. The first kappa shape index (κ1) is 14.0. The Labute approximate surface area is 114 Å². The summed E-state index contributed by atoms with van der Waals surface area (Å²) in [5, 5.41) is 14.6. The second-order valence-corrected chi connectivity index (χ2v) is 5.98. The Morgan fingerprint density at radius 1 is 1.21 bits per heavy atom. The number of aliphatic hydroxyl groups is 1. The normalized spacial score (nSPS) is 13.7. The SMILES string of the molecule is CC(C)(C)NCC(O)Cc1ccnc2ccccc12. The van der Waals surface area contributed by atoms with Crippen LogP contribution in [0.1, 0.15) is 26.3 Å². The first-order chi connectivity index (χ1) is 8.96. The Kier molecular flexibility index (Phi) is 4.17. The third kappa shape index (κ3) is 4.01. The molecule has 0 aliphatic rings. The van der Waals surface area contributed by atoms with Gasteiger partial charge in [0.1, 0.15) is 0 Å². The molecule has 1 atom stereocenters. The van der Waals surface area contributed by atoms with E-state index in [0.29, 0.717) is 13.0 Å². The van der Waals surface area contributed by atoms with Crippen LogP contribution in [0.3, 0.4) is 0 Å². The van der Waals surface area contributed by atoms with Gasteiger partial charge in [-0.05, 0) is 38.5 Å². The second-order valence-electron chi connectivity index (χ2n) is 5.98. The average molecular weight is 258 g/mol. The molecule has 0 saturated carbocycles. The van der Waals surface area contributed by atoms with Crippen molar-refractivity contribution in [2.75, 3.05) is 6.54 Å². The molecule has 1 heterocycles. The first-order valence-electron chi connectivity index (χ1n) is 6.71. The summed E-state index contributed by atoms with van der Waals surface area (Å²) < 4.78 is 0. The standard InChI is InChI=1S/C16H22N2O/c1-16(2,3)18-11-13(19)10-12-8-9-17-15-7-5-4-6-14(12)15/h4-9,13,18-19H,10-11H2,1-3H3. The number of fused-ring (bicyclic) bond motifs is 1. The molecule has 0 bridgehead atoms. The maximum atomic E-state index is 10.1. The van der Waals surface area contributed by atoms with Gasteiger partial charge in [0.25, 0.3) is 0 Å². The third-order valence-corrected chi connectivity index (χ3v) is 3.06. The van der Waals surface area contributed by atoms with Gasteiger partial charge >= 0.3 is 0 Å². The van der Waals surface area contributed by atoms with Crippen LogP contribution < -0.4 is 5.32 Å². The van der Waals surface area contributed by atoms with Crippen LogP contribution in [-0.2, 0) is 6.42 Å². The molecule has 3 nitrogen and oxygen atoms in total. The number of aromatic nitrogens is 1. The number of hydrogen-bond donors (Lipinski definition) is 2. The van der Waals surface area contributed by atoms with Crippen LogP contribution in [0.2, 0.25) is 0 Å². The zero-order chi connectivity index (χ0) is 13.9. The van der Waals surface area contributed by atoms with E-state index in [0.717, 1.165) is 16.5 Å². The molecule has 0 spiro atoms. The Morgan fingerprint density at radius 2 is 1.95 bits per heavy atom. The fraction of sp³-hybridized carbons (Fsp3) is 0.438. The number of pyridine rings is 1. The molecule has 0 radical (unpaired) electrons. The number of aliphatic hydroxyl groups excluding tert-OH is 1. The number of rotatable bonds is 4. The van der Waals surface area contributed by atoms with Crippen LogP contribution in [0.5, 0.6) is 0 Å². The minimum Gasteiger partial charge on any atom is -0.391 e. The van der Waals surface area contributed by atoms with Crippen LogP contribution in [0, 0.1) is 0 Å². The number of benzene rings is 1. The highest BCUT2D eigenvalue weighted by molar-refractivity contribution is 5.81. The maximum absolute atomic E-state index is 10.1. The van der Waals surface area contributed by atoms with Crippen LogP contribution in [0.25, 0.3) is 10.9 Å². The van der Waals surface area contributed by atoms with Gasteiger partial charge in [0.15, 0.2) is 0 Å². The maximum Gasteiger partial charge on any atom is 0.0705 e. The lowest BCUT2D eigenvalue weighted by Gasteiger charge is -2.23. The number of hydrogen-bond acceptors (Lipinski definition) is 3. The van der Waals surface area contributed by atoms with Crippen LogP contribution >= 0.6 is 0 Å². The predicted molar refractivity (Wildman–Crippen MR) is 79.2 cm³/mol. The predicted octanol–water partition coefficient (Wildman–Crippen LogP) is 2.53. The summed E-state index contributed by atoms with van der Waals surface area (Å²) >= 11 is 0. The van der Waals surface area contributed by atoms with Crippen LogP contribution in [0.15, 0.2) is 36.5 Å². The molecule has 0 aliphatic carbocycles. The van der Waals surface area contributed by atoms with Crippen molar-refractivity contribution in [1.82, 2.24) is 10.3 Å². The molecule has 0 fully saturated rings. The number of para-hydroxylation sites is 1. The van der Waals surface area contributed by atoms with Gasteiger partial charge < -0.3 is 10.4 Å². The molecule has 2 rings (SSSR count). The van der Waals surface area contributed by atoms with Crippen molar-refractivity contribution in [2.45, 2.75) is 38.8 Å². The van der Waals surface area contributed by atoms with Crippen molar-refractivity contribution in [3.63, 3.8) is 0 Å². The van der Waals surface area contributed by atoms with E-state index >= 15 is 0 Å². The number of nitrogens with one attached hydrogen (secondary N) is 1. The van der Waals surface area contributed by atoms with Gasteiger partial charge in [-0.1, -0.05) is 18.2 Å². The molecule has 3 heteroatoms. The van der Waals surface area contributed by atoms with Gasteiger partial charge in [-0.25, -0.2) is 0 Å². The van der Waals surface area contributed by atoms with E-state index < -0.39 is 0 Å². The number of nitrogens with zero attached hydrogens (tertiary/aromatic N) is 1. The van der Waals surface area contributed by atoms with E-state index in [9.17, 15) is 5.11 Å². The Morgan fingerprint density at radius 3 is 2.68 bits per heavy atom. The summed E-state index contributed by atoms with van der Waals surface area (Å²) in [5.74, 6) is 0. The van der Waals surface area contributed by atoms with Gasteiger partial charge in [0, 0.05) is 30.1 Å². The molecule has 1 aromatic carbocycles. The minimum absolute atomic E-state index is 0.0291. The highest BCUT2D eigenvalue weighted by Gasteiger charge is 2.13. The van der Waals surface area contributed by atoms with Crippen LogP contribution in [-0.4, -0.2) is 28.3 Å². The zero-order valence-electron chi connectivity index (χ0n) is 11.9. The summed E-state index contributed by atoms with van der Waals surface area (Å²) in [6, 6.07) is 10.0. The molecule has 2 N–H and O–H groups in total. The summed E-state index contributed by atoms with van der Waals surface area (Å²) in [7, 11) is 0. The van der Waals surface area contributed by atoms with E-state index in [1.807, 2.05) is 30.5 Å². The smallest absolute Gasteiger partial charge is 0.0705 e. The molecule has 0 aliphatic heterocycles. The van der Waals surface area contributed by atoms with E-state index in [1.54, 1.807) is 0 Å².